The summed E-state index contributed by atoms with van der Waals surface area (Å²) in [5.41, 5.74) is 1.99. The first-order valence-electron chi connectivity index (χ1n) is 22.9. The van der Waals surface area contributed by atoms with Crippen LogP contribution in [-0.2, 0) is 48.2 Å². The Labute approximate surface area is 408 Å². The van der Waals surface area contributed by atoms with Crippen LogP contribution in [0.1, 0.15) is 18.4 Å². The third-order valence-electron chi connectivity index (χ3n) is 11.0. The fourth-order valence-corrected chi connectivity index (χ4v) is 10.8. The molecule has 3 saturated heterocycles. The molecule has 0 aliphatic carbocycles. The minimum atomic E-state index is -3.89. The van der Waals surface area contributed by atoms with Crippen LogP contribution in [0.5, 0.6) is 11.5 Å². The Bertz CT molecular complexity index is 3030. The zero-order valence-electron chi connectivity index (χ0n) is 38.8. The van der Waals surface area contributed by atoms with E-state index in [-0.39, 0.29) is 38.0 Å². The second-order valence-electron chi connectivity index (χ2n) is 16.0. The number of hydrogen-bond donors (Lipinski definition) is 3. The highest BCUT2D eigenvalue weighted by molar-refractivity contribution is 7.92. The maximum atomic E-state index is 12.9. The van der Waals surface area contributed by atoms with Gasteiger partial charge in [-0.3, -0.25) is 19.3 Å². The molecule has 18 nitrogen and oxygen atoms in total. The Morgan fingerprint density at radius 3 is 1.49 bits per heavy atom. The molecule has 10 rings (SSSR count). The molecule has 3 aliphatic rings. The number of H-pyrrole nitrogens is 2. The molecule has 5 heterocycles. The lowest BCUT2D eigenvalue weighted by Gasteiger charge is -2.26. The van der Waals surface area contributed by atoms with Crippen LogP contribution in [0.2, 0.25) is 0 Å². The summed E-state index contributed by atoms with van der Waals surface area (Å²) >= 11 is 0. The summed E-state index contributed by atoms with van der Waals surface area (Å²) in [6.07, 6.45) is 2.56. The van der Waals surface area contributed by atoms with Crippen LogP contribution < -0.4 is 14.8 Å². The average Bonchev–Trinajstić information content (AvgIpc) is 4.21. The normalized spacial score (nSPS) is 15.4. The number of sulfone groups is 2. The Morgan fingerprint density at radius 1 is 0.543 bits per heavy atom. The van der Waals surface area contributed by atoms with Crippen molar-refractivity contribution < 1.29 is 53.1 Å². The standard InChI is InChI=1S/C22H20N2O6S2.C19H21N3O4S.C4H9NO.C4H8O/c1-16-7-10-19(11-8-16)32(27,28)30-14-13-29-17-9-12-21-20(15-17)22(24-23-21)31(25,26)18-5-3-2-4-6-18;23-27(24,16-4-2-1-3-5-16)19-17-14-15(6-7-18(17)20-21-19)26-13-10-22-8-11-25-12-9-22;1-3-6-4-2-5-1;1-2-4-5-3-1/h2-12,15H,13-14H2,1H3,(H,23,24);1-7,14H,8-13H2,(H,20,21);5H,1-4H2;1-4H2. The number of aryl methyl sites for hydroxylation is 1. The molecule has 7 aromatic rings. The number of nitrogens with one attached hydrogen (secondary N) is 3. The Morgan fingerprint density at radius 2 is 1.03 bits per heavy atom. The highest BCUT2D eigenvalue weighted by atomic mass is 32.2. The first kappa shape index (κ1) is 52.1. The summed E-state index contributed by atoms with van der Waals surface area (Å²) in [6.45, 7) is 12.1. The van der Waals surface area contributed by atoms with Crippen molar-refractivity contribution in [2.45, 2.75) is 44.5 Å². The summed E-state index contributed by atoms with van der Waals surface area (Å²) in [5, 5.41) is 17.6. The van der Waals surface area contributed by atoms with Gasteiger partial charge < -0.3 is 29.0 Å². The van der Waals surface area contributed by atoms with Crippen molar-refractivity contribution in [3.63, 3.8) is 0 Å². The van der Waals surface area contributed by atoms with Gasteiger partial charge in [0, 0.05) is 56.7 Å². The van der Waals surface area contributed by atoms with Crippen LogP contribution in [0.25, 0.3) is 21.8 Å². The van der Waals surface area contributed by atoms with E-state index < -0.39 is 29.8 Å². The van der Waals surface area contributed by atoms with Crippen molar-refractivity contribution in [2.24, 2.45) is 0 Å². The number of hydrogen-bond acceptors (Lipinski definition) is 16. The first-order chi connectivity index (χ1) is 33.9. The lowest BCUT2D eigenvalue weighted by Crippen LogP contribution is -2.38. The quantitative estimate of drug-likeness (QED) is 0.0838. The molecule has 3 aliphatic heterocycles. The minimum absolute atomic E-state index is 0.0395. The van der Waals surface area contributed by atoms with Gasteiger partial charge in [0.2, 0.25) is 19.7 Å². The Hall–Kier alpha value is -5.75. The molecular weight excluding hydrogens is 961 g/mol. The van der Waals surface area contributed by atoms with Gasteiger partial charge in [-0.25, -0.2) is 16.8 Å². The Balaban J connectivity index is 0.000000170. The van der Waals surface area contributed by atoms with Gasteiger partial charge in [0.1, 0.15) is 31.3 Å². The van der Waals surface area contributed by atoms with E-state index in [1.165, 1.54) is 37.1 Å². The van der Waals surface area contributed by atoms with Crippen molar-refractivity contribution in [3.05, 3.63) is 127 Å². The molecule has 5 aromatic carbocycles. The number of fused-ring (bicyclic) bond motifs is 2. The predicted molar refractivity (Wildman–Crippen MR) is 262 cm³/mol. The number of morpholine rings is 2. The van der Waals surface area contributed by atoms with Crippen molar-refractivity contribution in [2.75, 3.05) is 92.2 Å². The van der Waals surface area contributed by atoms with E-state index in [1.807, 2.05) is 6.92 Å². The number of aromatic amines is 2. The van der Waals surface area contributed by atoms with E-state index in [4.69, 9.17) is 27.9 Å². The molecular formula is C49H58N6O12S3. The maximum Gasteiger partial charge on any atom is 0.297 e. The number of benzene rings is 5. The van der Waals surface area contributed by atoms with Crippen LogP contribution in [0, 0.1) is 6.92 Å². The molecule has 3 fully saturated rings. The van der Waals surface area contributed by atoms with Crippen molar-refractivity contribution in [1.82, 2.24) is 30.6 Å². The smallest absolute Gasteiger partial charge is 0.297 e. The average molecular weight is 1020 g/mol. The van der Waals surface area contributed by atoms with E-state index in [0.29, 0.717) is 39.9 Å². The largest absolute Gasteiger partial charge is 0.492 e. The number of aromatic nitrogens is 4. The fourth-order valence-electron chi connectivity index (χ4n) is 7.18. The summed E-state index contributed by atoms with van der Waals surface area (Å²) in [4.78, 5) is 2.73. The van der Waals surface area contributed by atoms with E-state index in [2.05, 4.69) is 30.6 Å². The molecule has 0 unspecified atom stereocenters. The minimum Gasteiger partial charge on any atom is -0.492 e. The van der Waals surface area contributed by atoms with Crippen molar-refractivity contribution in [3.8, 4) is 11.5 Å². The summed E-state index contributed by atoms with van der Waals surface area (Å²) in [7, 11) is -11.4. The van der Waals surface area contributed by atoms with Gasteiger partial charge in [0.15, 0.2) is 10.1 Å². The van der Waals surface area contributed by atoms with Gasteiger partial charge in [-0.05, 0) is 92.6 Å². The molecule has 0 saturated carbocycles. The molecule has 0 atom stereocenters. The number of ether oxygens (including phenoxy) is 5. The third kappa shape index (κ3) is 14.4. The van der Waals surface area contributed by atoms with Gasteiger partial charge in [-0.1, -0.05) is 54.1 Å². The zero-order chi connectivity index (χ0) is 49.2. The SMILES string of the molecule is C1CCOC1.C1COCCN1.Cc1ccc(S(=O)(=O)OCCOc2ccc3n[nH]c(S(=O)(=O)c4ccccc4)c3c2)cc1.O=S(=O)(c1ccccc1)c1[nH]nc2ccc(OCCN3CCOCC3)cc12. The van der Waals surface area contributed by atoms with Crippen molar-refractivity contribution in [1.29, 1.82) is 0 Å². The van der Waals surface area contributed by atoms with Gasteiger partial charge in [0.05, 0.1) is 52.1 Å². The first-order valence-corrected chi connectivity index (χ1v) is 27.2. The topological polar surface area (TPSA) is 230 Å². The molecule has 2 aromatic heterocycles. The zero-order valence-corrected chi connectivity index (χ0v) is 41.3. The van der Waals surface area contributed by atoms with Crippen LogP contribution >= 0.6 is 0 Å². The molecule has 0 radical (unpaired) electrons. The van der Waals surface area contributed by atoms with E-state index in [1.54, 1.807) is 97.1 Å². The second-order valence-corrected chi connectivity index (χ2v) is 21.4. The summed E-state index contributed by atoms with van der Waals surface area (Å²) in [6, 6.07) is 32.8. The predicted octanol–water partition coefficient (Wildman–Crippen LogP) is 6.00. The molecule has 3 N–H and O–H groups in total. The maximum absolute atomic E-state index is 12.9. The molecule has 374 valence electrons. The molecule has 70 heavy (non-hydrogen) atoms. The molecule has 0 amide bonds. The van der Waals surface area contributed by atoms with Crippen molar-refractivity contribution >= 4 is 51.6 Å². The monoisotopic (exact) mass is 1020 g/mol. The second kappa shape index (κ2) is 25.4. The Kier molecular flexibility index (Phi) is 18.9. The van der Waals surface area contributed by atoms with Crippen LogP contribution in [-0.4, -0.2) is 143 Å². The van der Waals surface area contributed by atoms with Crippen LogP contribution in [0.3, 0.4) is 0 Å². The van der Waals surface area contributed by atoms with Gasteiger partial charge in [-0.15, -0.1) is 0 Å². The number of rotatable bonds is 14. The number of nitrogens with zero attached hydrogens (tertiary/aromatic N) is 3. The highest BCUT2D eigenvalue weighted by Crippen LogP contribution is 2.30. The van der Waals surface area contributed by atoms with Crippen LogP contribution in [0.4, 0.5) is 0 Å². The fraction of sp³-hybridized carbons (Fsp3) is 0.347. The summed E-state index contributed by atoms with van der Waals surface area (Å²) in [5.74, 6) is 0.987. The van der Waals surface area contributed by atoms with Gasteiger partial charge in [-0.2, -0.15) is 18.6 Å². The van der Waals surface area contributed by atoms with Gasteiger partial charge in [0.25, 0.3) is 10.1 Å². The highest BCUT2D eigenvalue weighted by Gasteiger charge is 2.25. The molecule has 0 bridgehead atoms. The van der Waals surface area contributed by atoms with Gasteiger partial charge >= 0.3 is 0 Å². The lowest BCUT2D eigenvalue weighted by atomic mass is 10.2. The molecule has 21 heteroatoms. The lowest BCUT2D eigenvalue weighted by molar-refractivity contribution is 0.0322. The third-order valence-corrected chi connectivity index (χ3v) is 15.8. The van der Waals surface area contributed by atoms with Crippen LogP contribution in [0.15, 0.2) is 146 Å². The molecule has 0 spiro atoms. The van der Waals surface area contributed by atoms with E-state index in [9.17, 15) is 25.3 Å². The summed E-state index contributed by atoms with van der Waals surface area (Å²) < 4.78 is 108. The van der Waals surface area contributed by atoms with E-state index in [0.717, 1.165) is 77.9 Å². The van der Waals surface area contributed by atoms with E-state index >= 15 is 0 Å².